The summed E-state index contributed by atoms with van der Waals surface area (Å²) in [5.74, 6) is -0.909. The fourth-order valence-electron chi connectivity index (χ4n) is 6.86. The van der Waals surface area contributed by atoms with Gasteiger partial charge in [0.2, 0.25) is 23.3 Å². The van der Waals surface area contributed by atoms with Gasteiger partial charge in [-0.05, 0) is 73.6 Å². The number of nitrogens with one attached hydrogen (secondary N) is 2. The van der Waals surface area contributed by atoms with E-state index < -0.39 is 45.6 Å². The Labute approximate surface area is 322 Å². The zero-order valence-corrected chi connectivity index (χ0v) is 32.3. The Kier molecular flexibility index (Phi) is 14.1. The first-order valence-corrected chi connectivity index (χ1v) is 20.5. The maximum absolute atomic E-state index is 14.3. The van der Waals surface area contributed by atoms with Crippen LogP contribution < -0.4 is 24.8 Å². The Balaban J connectivity index is 1.54. The number of allylic oxidation sites excluding steroid dienone is 6. The highest BCUT2D eigenvalue weighted by atomic mass is 32.2. The summed E-state index contributed by atoms with van der Waals surface area (Å²) in [5, 5.41) is 14.5. The number of aliphatic carboxylic acids is 1. The number of nitrogens with zero attached hydrogens (tertiary/aromatic N) is 2. The minimum atomic E-state index is -4.38. The average molecular weight is 776 g/mol. The zero-order chi connectivity index (χ0) is 39.4. The summed E-state index contributed by atoms with van der Waals surface area (Å²) in [6, 6.07) is 15.5. The fourth-order valence-corrected chi connectivity index (χ4v) is 7.22. The van der Waals surface area contributed by atoms with Crippen LogP contribution in [0.5, 0.6) is 5.75 Å². The minimum absolute atomic E-state index is 0.0148. The maximum Gasteiger partial charge on any atom is 0.374 e. The number of benzene rings is 2. The molecule has 0 saturated heterocycles. The number of aryl methyl sites for hydroxylation is 1. The third-order valence-corrected chi connectivity index (χ3v) is 10.3. The van der Waals surface area contributed by atoms with E-state index >= 15 is 0 Å². The summed E-state index contributed by atoms with van der Waals surface area (Å²) in [4.78, 5) is 41.5. The molecule has 3 aromatic rings. The molecule has 1 atom stereocenters. The molecule has 2 heterocycles. The number of ether oxygens (including phenoxy) is 1. The van der Waals surface area contributed by atoms with E-state index in [4.69, 9.17) is 14.3 Å². The Morgan fingerprint density at radius 2 is 1.65 bits per heavy atom. The summed E-state index contributed by atoms with van der Waals surface area (Å²) in [6.45, 7) is 5.45. The van der Waals surface area contributed by atoms with Crippen molar-refractivity contribution < 1.29 is 46.2 Å². The van der Waals surface area contributed by atoms with Gasteiger partial charge in [-0.1, -0.05) is 63.1 Å². The van der Waals surface area contributed by atoms with Crippen molar-refractivity contribution in [1.29, 1.82) is 0 Å². The lowest BCUT2D eigenvalue weighted by Gasteiger charge is -2.35. The lowest BCUT2D eigenvalue weighted by Crippen LogP contribution is -2.53. The number of amides is 2. The summed E-state index contributed by atoms with van der Waals surface area (Å²) < 4.78 is 47.0. The summed E-state index contributed by atoms with van der Waals surface area (Å²) in [7, 11) is -4.38. The second kappa shape index (κ2) is 18.9. The molecule has 0 bridgehead atoms. The number of aromatic nitrogens is 1. The van der Waals surface area contributed by atoms with Crippen LogP contribution in [0, 0.1) is 5.41 Å². The van der Waals surface area contributed by atoms with Crippen molar-refractivity contribution in [2.75, 3.05) is 30.3 Å². The van der Waals surface area contributed by atoms with E-state index in [1.807, 2.05) is 78.9 Å². The van der Waals surface area contributed by atoms with E-state index in [0.717, 1.165) is 48.3 Å². The number of rotatable bonds is 19. The monoisotopic (exact) mass is 775 g/mol. The van der Waals surface area contributed by atoms with E-state index in [-0.39, 0.29) is 25.8 Å². The number of fused-ring (bicyclic) bond motifs is 2. The molecule has 1 aliphatic carbocycles. The lowest BCUT2D eigenvalue weighted by atomic mass is 9.70. The van der Waals surface area contributed by atoms with Crippen LogP contribution in [0.3, 0.4) is 0 Å². The van der Waals surface area contributed by atoms with Gasteiger partial charge in [0.25, 0.3) is 15.6 Å². The van der Waals surface area contributed by atoms with Crippen LogP contribution in [0.1, 0.15) is 77.5 Å². The number of carboxylic acids is 1. The van der Waals surface area contributed by atoms with E-state index in [1.54, 1.807) is 0 Å². The molecule has 0 radical (unpaired) electrons. The highest BCUT2D eigenvalue weighted by Crippen LogP contribution is 2.42. The predicted molar refractivity (Wildman–Crippen MR) is 210 cm³/mol. The van der Waals surface area contributed by atoms with Crippen molar-refractivity contribution in [2.45, 2.75) is 78.2 Å². The predicted octanol–water partition coefficient (Wildman–Crippen LogP) is 6.08. The van der Waals surface area contributed by atoms with Gasteiger partial charge in [0.1, 0.15) is 5.41 Å². The third-order valence-electron chi connectivity index (χ3n) is 9.59. The molecular formula is C41H51N4O9S+. The molecule has 0 fully saturated rings. The first-order chi connectivity index (χ1) is 26.4. The van der Waals surface area contributed by atoms with E-state index in [9.17, 15) is 27.4 Å². The van der Waals surface area contributed by atoms with E-state index in [1.165, 1.54) is 0 Å². The van der Waals surface area contributed by atoms with Crippen LogP contribution >= 0.6 is 0 Å². The van der Waals surface area contributed by atoms with Crippen molar-refractivity contribution >= 4 is 50.8 Å². The number of hydrogen-bond acceptors (Lipinski definition) is 8. The Bertz CT molecular complexity index is 2100. The van der Waals surface area contributed by atoms with Gasteiger partial charge in [0.15, 0.2) is 12.3 Å². The molecule has 1 aliphatic heterocycles. The van der Waals surface area contributed by atoms with Gasteiger partial charge in [-0.15, -0.1) is 0 Å². The fraction of sp³-hybridized carbons (Fsp3) is 0.415. The van der Waals surface area contributed by atoms with E-state index in [2.05, 4.69) is 33.9 Å². The molecule has 4 N–H and O–H groups in total. The summed E-state index contributed by atoms with van der Waals surface area (Å²) >= 11 is 0. The van der Waals surface area contributed by atoms with Crippen molar-refractivity contribution in [1.82, 2.24) is 10.6 Å². The van der Waals surface area contributed by atoms with Crippen molar-refractivity contribution in [3.63, 3.8) is 0 Å². The average Bonchev–Trinajstić information content (AvgIpc) is 3.70. The molecule has 2 amide bonds. The minimum Gasteiger partial charge on any atom is -0.481 e. The Morgan fingerprint density at radius 3 is 2.40 bits per heavy atom. The molecule has 5 rings (SSSR count). The van der Waals surface area contributed by atoms with E-state index in [0.29, 0.717) is 48.7 Å². The molecule has 14 heteroatoms. The zero-order valence-electron chi connectivity index (χ0n) is 31.5. The number of unbranched alkanes of at least 4 members (excludes halogenated alkanes) is 3. The first kappa shape index (κ1) is 41.0. The normalized spacial score (nSPS) is 18.5. The Hall–Kier alpha value is -5.21. The second-order valence-electron chi connectivity index (χ2n) is 13.9. The van der Waals surface area contributed by atoms with Crippen LogP contribution in [-0.2, 0) is 31.0 Å². The van der Waals surface area contributed by atoms with Crippen molar-refractivity contribution in [2.24, 2.45) is 5.41 Å². The number of hydrogen-bond donors (Lipinski definition) is 4. The SMILES string of the molecule is CCCCN1C(=CC=C2C=C(C=Cc3oc4ccccc4[n+]3CCC)CC(C(=O)NCCCCCC(=O)O)(C(=O)NCCS(=O)(=O)O)C2)Oc2ccccc21. The van der Waals surface area contributed by atoms with Crippen LogP contribution in [0.2, 0.25) is 0 Å². The number of carbonyl (C=O) groups is 3. The quantitative estimate of drug-likeness (QED) is 0.0483. The summed E-state index contributed by atoms with van der Waals surface area (Å²) in [6.07, 6.45) is 13.6. The van der Waals surface area contributed by atoms with Gasteiger partial charge >= 0.3 is 11.9 Å². The van der Waals surface area contributed by atoms with Crippen LogP contribution in [0.15, 0.2) is 94.3 Å². The van der Waals surface area contributed by atoms with Crippen LogP contribution in [0.25, 0.3) is 17.2 Å². The molecule has 294 valence electrons. The summed E-state index contributed by atoms with van der Waals surface area (Å²) in [5.41, 5.74) is 2.22. The number of oxazole rings is 1. The molecule has 2 aromatic carbocycles. The molecule has 2 aliphatic rings. The molecule has 13 nitrogen and oxygen atoms in total. The number of carbonyl (C=O) groups excluding carboxylic acids is 2. The highest BCUT2D eigenvalue weighted by Gasteiger charge is 2.48. The molecule has 0 spiro atoms. The van der Waals surface area contributed by atoms with Crippen molar-refractivity contribution in [3.05, 3.63) is 95.8 Å². The number of carboxylic acid groups (broad SMARTS) is 1. The molecule has 0 saturated carbocycles. The van der Waals surface area contributed by atoms with Gasteiger partial charge in [-0.3, -0.25) is 18.9 Å². The lowest BCUT2D eigenvalue weighted by molar-refractivity contribution is -0.678. The van der Waals surface area contributed by atoms with Gasteiger partial charge < -0.3 is 29.8 Å². The molecule has 1 unspecified atom stereocenters. The van der Waals surface area contributed by atoms with Gasteiger partial charge in [0, 0.05) is 38.5 Å². The molecule has 1 aromatic heterocycles. The largest absolute Gasteiger partial charge is 0.481 e. The highest BCUT2D eigenvalue weighted by molar-refractivity contribution is 7.85. The number of anilines is 1. The van der Waals surface area contributed by atoms with Gasteiger partial charge in [-0.2, -0.15) is 13.0 Å². The van der Waals surface area contributed by atoms with Crippen LogP contribution in [0.4, 0.5) is 5.69 Å². The maximum atomic E-state index is 14.3. The van der Waals surface area contributed by atoms with Crippen LogP contribution in [-0.4, -0.2) is 61.2 Å². The van der Waals surface area contributed by atoms with Gasteiger partial charge in [-0.25, -0.2) is 0 Å². The smallest absolute Gasteiger partial charge is 0.374 e. The van der Waals surface area contributed by atoms with Gasteiger partial charge in [0.05, 0.1) is 17.5 Å². The third kappa shape index (κ3) is 10.7. The second-order valence-corrected chi connectivity index (χ2v) is 15.4. The first-order valence-electron chi connectivity index (χ1n) is 18.9. The molecular weight excluding hydrogens is 725 g/mol. The van der Waals surface area contributed by atoms with Crippen molar-refractivity contribution in [3.8, 4) is 5.75 Å². The Morgan fingerprint density at radius 1 is 0.909 bits per heavy atom. The molecule has 55 heavy (non-hydrogen) atoms. The number of para-hydroxylation sites is 4. The standard InChI is InChI=1S/C41H50N4O9S/c1-3-5-25-45-33-14-9-11-16-35(33)54-37(45)21-19-31-27-30(18-20-36-44(24-4-2)32-13-8-10-15-34(32)53-36)28-41(29-31,40(49)43-23-26-55(50,51)52)39(48)42-22-12-6-7-17-38(46)47/h8-11,13-16,18-21,27H,3-7,12,17,22-26,28-29H2,1-2H3,(H3-,42,43,46,47,48,49,50,51,52)/p+1. The topological polar surface area (TPSA) is 179 Å².